The van der Waals surface area contributed by atoms with E-state index in [2.05, 4.69) is 19.2 Å². The van der Waals surface area contributed by atoms with E-state index in [9.17, 15) is 9.59 Å². The number of carbonyl (C=O) groups is 2. The molecule has 1 aromatic carbocycles. The van der Waals surface area contributed by atoms with E-state index >= 15 is 0 Å². The van der Waals surface area contributed by atoms with Crippen molar-refractivity contribution in [2.45, 2.75) is 52.0 Å². The number of carbonyl (C=O) groups excluding carboxylic acids is 2. The highest BCUT2D eigenvalue weighted by Crippen LogP contribution is 2.31. The molecule has 3 nitrogen and oxygen atoms in total. The number of ketones is 1. The summed E-state index contributed by atoms with van der Waals surface area (Å²) >= 11 is 0. The van der Waals surface area contributed by atoms with Gasteiger partial charge in [-0.15, -0.1) is 0 Å². The second-order valence-electron chi connectivity index (χ2n) is 6.33. The van der Waals surface area contributed by atoms with Gasteiger partial charge in [-0.25, -0.2) is 0 Å². The molecule has 3 heteroatoms. The van der Waals surface area contributed by atoms with Gasteiger partial charge in [0, 0.05) is 16.7 Å². The third-order valence-corrected chi connectivity index (χ3v) is 4.35. The molecule has 1 aliphatic rings. The summed E-state index contributed by atoms with van der Waals surface area (Å²) in [5, 5.41) is 3.16. The maximum absolute atomic E-state index is 12.3. The second kappa shape index (κ2) is 5.78. The zero-order valence-corrected chi connectivity index (χ0v) is 12.5. The Balaban J connectivity index is 2.02. The molecule has 0 heterocycles. The van der Waals surface area contributed by atoms with Crippen LogP contribution in [0.15, 0.2) is 24.3 Å². The predicted octanol–water partition coefficient (Wildman–Crippen LogP) is 3.59. The molecule has 20 heavy (non-hydrogen) atoms. The van der Waals surface area contributed by atoms with Crippen LogP contribution in [0.1, 0.15) is 67.2 Å². The third-order valence-electron chi connectivity index (χ3n) is 4.35. The van der Waals surface area contributed by atoms with Crippen LogP contribution in [0, 0.1) is 5.92 Å². The fraction of sp³-hybridized carbons (Fsp3) is 0.529. The molecule has 0 radical (unpaired) electrons. The Bertz CT molecular complexity index is 496. The lowest BCUT2D eigenvalue weighted by molar-refractivity contribution is 0.0869. The van der Waals surface area contributed by atoms with Gasteiger partial charge in [-0.1, -0.05) is 19.1 Å². The molecule has 0 bridgehead atoms. The minimum atomic E-state index is -0.0944. The Kier molecular flexibility index (Phi) is 4.26. The molecule has 0 aromatic heterocycles. The molecule has 0 aliphatic heterocycles. The van der Waals surface area contributed by atoms with E-state index in [0.29, 0.717) is 11.1 Å². The van der Waals surface area contributed by atoms with Crippen molar-refractivity contribution in [3.8, 4) is 0 Å². The largest absolute Gasteiger partial charge is 0.347 e. The Morgan fingerprint density at radius 2 is 1.60 bits per heavy atom. The molecule has 1 fully saturated rings. The highest BCUT2D eigenvalue weighted by molar-refractivity contribution is 5.97. The van der Waals surface area contributed by atoms with E-state index < -0.39 is 0 Å². The molecule has 0 saturated heterocycles. The van der Waals surface area contributed by atoms with E-state index in [-0.39, 0.29) is 17.2 Å². The lowest BCUT2D eigenvalue weighted by atomic mass is 9.78. The van der Waals surface area contributed by atoms with Gasteiger partial charge in [-0.2, -0.15) is 0 Å². The molecule has 1 amide bonds. The summed E-state index contributed by atoms with van der Waals surface area (Å²) in [6.07, 6.45) is 4.40. The lowest BCUT2D eigenvalue weighted by Crippen LogP contribution is -2.48. The lowest BCUT2D eigenvalue weighted by Gasteiger charge is -2.37. The summed E-state index contributed by atoms with van der Waals surface area (Å²) in [6, 6.07) is 6.87. The van der Waals surface area contributed by atoms with Crippen molar-refractivity contribution in [3.63, 3.8) is 0 Å². The van der Waals surface area contributed by atoms with Gasteiger partial charge in [0.05, 0.1) is 0 Å². The van der Waals surface area contributed by atoms with Gasteiger partial charge in [-0.3, -0.25) is 9.59 Å². The van der Waals surface area contributed by atoms with E-state index in [1.54, 1.807) is 24.3 Å². The van der Waals surface area contributed by atoms with Crippen LogP contribution in [0.2, 0.25) is 0 Å². The molecule has 1 N–H and O–H groups in total. The second-order valence-corrected chi connectivity index (χ2v) is 6.33. The monoisotopic (exact) mass is 273 g/mol. The average molecular weight is 273 g/mol. The first-order valence-electron chi connectivity index (χ1n) is 7.33. The van der Waals surface area contributed by atoms with Crippen molar-refractivity contribution in [2.75, 3.05) is 0 Å². The van der Waals surface area contributed by atoms with Crippen LogP contribution in [0.5, 0.6) is 0 Å². The number of hydrogen-bond acceptors (Lipinski definition) is 2. The number of rotatable bonds is 3. The van der Waals surface area contributed by atoms with Crippen LogP contribution in [0.4, 0.5) is 0 Å². The Morgan fingerprint density at radius 1 is 1.10 bits per heavy atom. The molecule has 1 aliphatic carbocycles. The standard InChI is InChI=1S/C17H23NO2/c1-12-8-10-17(3,11-9-12)18-16(20)15-6-4-14(5-7-15)13(2)19/h4-7,12H,8-11H2,1-3H3,(H,18,20). The highest BCUT2D eigenvalue weighted by atomic mass is 16.1. The van der Waals surface area contributed by atoms with Crippen LogP contribution >= 0.6 is 0 Å². The first kappa shape index (κ1) is 14.8. The molecule has 1 saturated carbocycles. The zero-order chi connectivity index (χ0) is 14.8. The Morgan fingerprint density at radius 3 is 2.10 bits per heavy atom. The quantitative estimate of drug-likeness (QED) is 0.855. The van der Waals surface area contributed by atoms with Gasteiger partial charge in [0.25, 0.3) is 5.91 Å². The third kappa shape index (κ3) is 3.47. The smallest absolute Gasteiger partial charge is 0.251 e. The number of nitrogens with one attached hydrogen (secondary N) is 1. The van der Waals surface area contributed by atoms with Crippen LogP contribution in [-0.2, 0) is 0 Å². The van der Waals surface area contributed by atoms with Gasteiger partial charge in [0.15, 0.2) is 5.78 Å². The van der Waals surface area contributed by atoms with Gasteiger partial charge in [0.2, 0.25) is 0 Å². The Hall–Kier alpha value is -1.64. The summed E-state index contributed by atoms with van der Waals surface area (Å²) in [5.41, 5.74) is 1.16. The minimum Gasteiger partial charge on any atom is -0.347 e. The minimum absolute atomic E-state index is 0.0187. The molecular weight excluding hydrogens is 250 g/mol. The molecule has 108 valence electrons. The number of hydrogen-bond donors (Lipinski definition) is 1. The van der Waals surface area contributed by atoms with E-state index in [4.69, 9.17) is 0 Å². The van der Waals surface area contributed by atoms with Gasteiger partial charge in [0.1, 0.15) is 0 Å². The topological polar surface area (TPSA) is 46.2 Å². The normalized spacial score (nSPS) is 26.1. The van der Waals surface area contributed by atoms with Crippen LogP contribution < -0.4 is 5.32 Å². The summed E-state index contributed by atoms with van der Waals surface area (Å²) in [6.45, 7) is 5.92. The van der Waals surface area contributed by atoms with Crippen LogP contribution in [0.25, 0.3) is 0 Å². The number of amides is 1. The van der Waals surface area contributed by atoms with Gasteiger partial charge >= 0.3 is 0 Å². The average Bonchev–Trinajstić information content (AvgIpc) is 2.42. The zero-order valence-electron chi connectivity index (χ0n) is 12.5. The first-order chi connectivity index (χ1) is 9.39. The fourth-order valence-electron chi connectivity index (χ4n) is 2.73. The summed E-state index contributed by atoms with van der Waals surface area (Å²) in [7, 11) is 0. The summed E-state index contributed by atoms with van der Waals surface area (Å²) in [4.78, 5) is 23.5. The number of benzene rings is 1. The Labute approximate surface area is 120 Å². The SMILES string of the molecule is CC(=O)c1ccc(C(=O)NC2(C)CCC(C)CC2)cc1. The van der Waals surface area contributed by atoms with Crippen LogP contribution in [-0.4, -0.2) is 17.2 Å². The van der Waals surface area contributed by atoms with Crippen LogP contribution in [0.3, 0.4) is 0 Å². The predicted molar refractivity (Wildman–Crippen MR) is 79.9 cm³/mol. The molecular formula is C17H23NO2. The van der Waals surface area contributed by atoms with Crippen molar-refractivity contribution in [2.24, 2.45) is 5.92 Å². The molecule has 2 rings (SSSR count). The van der Waals surface area contributed by atoms with Crippen molar-refractivity contribution in [3.05, 3.63) is 35.4 Å². The maximum atomic E-state index is 12.3. The van der Waals surface area contributed by atoms with E-state index in [1.165, 1.54) is 19.8 Å². The summed E-state index contributed by atoms with van der Waals surface area (Å²) in [5.74, 6) is 0.733. The first-order valence-corrected chi connectivity index (χ1v) is 7.33. The van der Waals surface area contributed by atoms with E-state index in [0.717, 1.165) is 18.8 Å². The highest BCUT2D eigenvalue weighted by Gasteiger charge is 2.31. The van der Waals surface area contributed by atoms with Crippen molar-refractivity contribution in [1.82, 2.24) is 5.32 Å². The van der Waals surface area contributed by atoms with Crippen molar-refractivity contribution in [1.29, 1.82) is 0 Å². The van der Waals surface area contributed by atoms with Crippen molar-refractivity contribution >= 4 is 11.7 Å². The maximum Gasteiger partial charge on any atom is 0.251 e. The van der Waals surface area contributed by atoms with Gasteiger partial charge in [-0.05, 0) is 57.6 Å². The fourth-order valence-corrected chi connectivity index (χ4v) is 2.73. The number of Topliss-reactive ketones (excluding diaryl/α,β-unsaturated/α-hetero) is 1. The molecule has 0 atom stereocenters. The molecule has 0 spiro atoms. The molecule has 0 unspecified atom stereocenters. The van der Waals surface area contributed by atoms with Gasteiger partial charge < -0.3 is 5.32 Å². The molecule has 1 aromatic rings. The van der Waals surface area contributed by atoms with Crippen molar-refractivity contribution < 1.29 is 9.59 Å². The van der Waals surface area contributed by atoms with E-state index in [1.807, 2.05) is 0 Å². The summed E-state index contributed by atoms with van der Waals surface area (Å²) < 4.78 is 0.